The molecule has 0 radical (unpaired) electrons. The summed E-state index contributed by atoms with van der Waals surface area (Å²) in [5, 5.41) is 7.69. The summed E-state index contributed by atoms with van der Waals surface area (Å²) in [5.74, 6) is 0. The Bertz CT molecular complexity index is 1240. The summed E-state index contributed by atoms with van der Waals surface area (Å²) >= 11 is 0. The van der Waals surface area contributed by atoms with Gasteiger partial charge < -0.3 is 15.2 Å². The fraction of sp³-hybridized carbons (Fsp3) is 0.125. The molecule has 1 aromatic heterocycles. The standard InChI is InChI=1S/C24H24N5O2/c1-25-17-8-10-18(11-9-17)26-16-23-24(21-6-4-5-7-22(21)28(23)2)27-19-12-14-20(15-13-19)29(30)31-3/h4-16,25,27H,1-3H3/q+1. The first kappa shape index (κ1) is 20.2. The molecule has 156 valence electrons. The molecule has 0 aliphatic heterocycles. The highest BCUT2D eigenvalue weighted by Crippen LogP contribution is 2.32. The lowest BCUT2D eigenvalue weighted by Crippen LogP contribution is -2.00. The van der Waals surface area contributed by atoms with Crippen molar-refractivity contribution < 1.29 is 9.76 Å². The second-order valence-electron chi connectivity index (χ2n) is 7.00. The van der Waals surface area contributed by atoms with Crippen LogP contribution in [-0.2, 0) is 11.9 Å². The minimum Gasteiger partial charge on any atom is -0.388 e. The van der Waals surface area contributed by atoms with Crippen LogP contribution in [0.1, 0.15) is 5.69 Å². The van der Waals surface area contributed by atoms with Crippen molar-refractivity contribution in [1.82, 2.24) is 4.57 Å². The van der Waals surface area contributed by atoms with Crippen LogP contribution in [0.25, 0.3) is 10.9 Å². The summed E-state index contributed by atoms with van der Waals surface area (Å²) in [6, 6.07) is 23.2. The van der Waals surface area contributed by atoms with Gasteiger partial charge in [0.2, 0.25) is 0 Å². The van der Waals surface area contributed by atoms with Gasteiger partial charge in [-0.2, -0.15) is 0 Å². The van der Waals surface area contributed by atoms with Crippen molar-refractivity contribution in [3.05, 3.63) is 83.4 Å². The van der Waals surface area contributed by atoms with E-state index in [9.17, 15) is 4.91 Å². The van der Waals surface area contributed by atoms with Gasteiger partial charge in [-0.15, -0.1) is 0 Å². The maximum Gasteiger partial charge on any atom is 0.316 e. The van der Waals surface area contributed by atoms with E-state index >= 15 is 0 Å². The van der Waals surface area contributed by atoms with Crippen LogP contribution < -0.4 is 10.6 Å². The zero-order valence-electron chi connectivity index (χ0n) is 17.7. The highest BCUT2D eigenvalue weighted by atomic mass is 16.8. The van der Waals surface area contributed by atoms with Crippen molar-refractivity contribution in [3.8, 4) is 0 Å². The number of hydrogen-bond donors (Lipinski definition) is 2. The van der Waals surface area contributed by atoms with E-state index in [0.29, 0.717) is 10.6 Å². The Morgan fingerprint density at radius 3 is 2.32 bits per heavy atom. The minimum absolute atomic E-state index is 0.428. The molecule has 0 atom stereocenters. The lowest BCUT2D eigenvalue weighted by Gasteiger charge is -2.07. The van der Waals surface area contributed by atoms with Gasteiger partial charge in [-0.3, -0.25) is 4.99 Å². The van der Waals surface area contributed by atoms with Gasteiger partial charge in [0.05, 0.1) is 33.7 Å². The van der Waals surface area contributed by atoms with Crippen LogP contribution in [0, 0.1) is 4.91 Å². The van der Waals surface area contributed by atoms with Crippen LogP contribution >= 0.6 is 0 Å². The average Bonchev–Trinajstić information content (AvgIpc) is 3.09. The van der Waals surface area contributed by atoms with E-state index in [0.717, 1.165) is 39.3 Å². The number of rotatable bonds is 7. The maximum atomic E-state index is 11.6. The SMILES string of the molecule is CNc1ccc(N=Cc2c(Nc3ccc([N+](=O)OC)cc3)c3ccccc3n2C)cc1. The van der Waals surface area contributed by atoms with E-state index in [1.807, 2.05) is 68.8 Å². The molecule has 3 aromatic carbocycles. The number of nitrogens with one attached hydrogen (secondary N) is 2. The fourth-order valence-corrected chi connectivity index (χ4v) is 3.46. The Hall–Kier alpha value is -4.13. The monoisotopic (exact) mass is 414 g/mol. The molecule has 7 nitrogen and oxygen atoms in total. The second-order valence-corrected chi connectivity index (χ2v) is 7.00. The molecule has 4 rings (SSSR count). The molecular formula is C24H24N5O2+. The fourth-order valence-electron chi connectivity index (χ4n) is 3.46. The van der Waals surface area contributed by atoms with Gasteiger partial charge in [0.15, 0.2) is 7.11 Å². The van der Waals surface area contributed by atoms with E-state index in [1.54, 1.807) is 12.1 Å². The van der Waals surface area contributed by atoms with Gasteiger partial charge in [0.25, 0.3) is 4.92 Å². The van der Waals surface area contributed by atoms with Gasteiger partial charge in [0, 0.05) is 43.0 Å². The van der Waals surface area contributed by atoms with Crippen molar-refractivity contribution in [2.24, 2.45) is 12.0 Å². The second kappa shape index (κ2) is 8.71. The van der Waals surface area contributed by atoms with Gasteiger partial charge in [-0.05, 0) is 42.5 Å². The topological polar surface area (TPSA) is 70.7 Å². The van der Waals surface area contributed by atoms with Crippen molar-refractivity contribution in [2.75, 3.05) is 24.8 Å². The first-order valence-electron chi connectivity index (χ1n) is 9.88. The van der Waals surface area contributed by atoms with Gasteiger partial charge >= 0.3 is 5.69 Å². The average molecular weight is 414 g/mol. The van der Waals surface area contributed by atoms with Crippen molar-refractivity contribution in [2.45, 2.75) is 0 Å². The van der Waals surface area contributed by atoms with Crippen LogP contribution in [0.5, 0.6) is 0 Å². The molecule has 0 saturated heterocycles. The van der Waals surface area contributed by atoms with E-state index in [-0.39, 0.29) is 0 Å². The number of hydrogen-bond acceptors (Lipinski definition) is 5. The van der Waals surface area contributed by atoms with Gasteiger partial charge in [-0.25, -0.2) is 4.84 Å². The Labute approximate surface area is 180 Å². The van der Waals surface area contributed by atoms with Gasteiger partial charge in [0.1, 0.15) is 0 Å². The number of aromatic nitrogens is 1. The molecule has 0 bridgehead atoms. The van der Waals surface area contributed by atoms with E-state index < -0.39 is 0 Å². The van der Waals surface area contributed by atoms with E-state index in [1.165, 1.54) is 7.11 Å². The maximum absolute atomic E-state index is 11.6. The lowest BCUT2D eigenvalue weighted by atomic mass is 10.2. The zero-order chi connectivity index (χ0) is 21.8. The Balaban J connectivity index is 1.71. The zero-order valence-corrected chi connectivity index (χ0v) is 17.7. The number of aryl methyl sites for hydroxylation is 1. The van der Waals surface area contributed by atoms with Crippen LogP contribution in [0.15, 0.2) is 77.8 Å². The summed E-state index contributed by atoms with van der Waals surface area (Å²) in [6.07, 6.45) is 1.87. The third kappa shape index (κ3) is 4.11. The number of anilines is 3. The molecule has 0 aliphatic rings. The smallest absolute Gasteiger partial charge is 0.316 e. The van der Waals surface area contributed by atoms with Crippen LogP contribution in [-0.4, -0.2) is 29.9 Å². The Morgan fingerprint density at radius 2 is 1.65 bits per heavy atom. The highest BCUT2D eigenvalue weighted by Gasteiger charge is 2.16. The molecule has 1 heterocycles. The molecule has 0 spiro atoms. The predicted octanol–water partition coefficient (Wildman–Crippen LogP) is 5.69. The number of para-hydroxylation sites is 1. The molecule has 0 amide bonds. The number of nitrogens with zero attached hydrogens (tertiary/aromatic N) is 3. The Morgan fingerprint density at radius 1 is 0.968 bits per heavy atom. The first-order valence-corrected chi connectivity index (χ1v) is 9.88. The van der Waals surface area contributed by atoms with Crippen molar-refractivity contribution >= 4 is 45.6 Å². The van der Waals surface area contributed by atoms with Crippen LogP contribution in [0.4, 0.5) is 28.4 Å². The molecule has 31 heavy (non-hydrogen) atoms. The minimum atomic E-state index is 0.428. The summed E-state index contributed by atoms with van der Waals surface area (Å²) in [7, 11) is 5.26. The number of aliphatic imine (C=N–C) groups is 1. The summed E-state index contributed by atoms with van der Waals surface area (Å²) < 4.78 is 2.11. The third-order valence-electron chi connectivity index (χ3n) is 5.16. The van der Waals surface area contributed by atoms with E-state index in [2.05, 4.69) is 32.3 Å². The highest BCUT2D eigenvalue weighted by molar-refractivity contribution is 6.05. The quantitative estimate of drug-likeness (QED) is 0.301. The predicted molar refractivity (Wildman–Crippen MR) is 126 cm³/mol. The normalized spacial score (nSPS) is 11.1. The molecule has 4 aromatic rings. The molecule has 0 saturated carbocycles. The van der Waals surface area contributed by atoms with Crippen LogP contribution in [0.2, 0.25) is 0 Å². The number of fused-ring (bicyclic) bond motifs is 1. The van der Waals surface area contributed by atoms with Gasteiger partial charge in [-0.1, -0.05) is 18.2 Å². The number of benzene rings is 3. The molecule has 0 unspecified atom stereocenters. The molecule has 7 heteroatoms. The summed E-state index contributed by atoms with van der Waals surface area (Å²) in [6.45, 7) is 0. The van der Waals surface area contributed by atoms with Crippen molar-refractivity contribution in [3.63, 3.8) is 0 Å². The van der Waals surface area contributed by atoms with Crippen molar-refractivity contribution in [1.29, 1.82) is 0 Å². The molecule has 0 fully saturated rings. The lowest BCUT2D eigenvalue weighted by molar-refractivity contribution is -0.736. The summed E-state index contributed by atoms with van der Waals surface area (Å²) in [5.41, 5.74) is 6.20. The van der Waals surface area contributed by atoms with E-state index in [4.69, 9.17) is 4.84 Å². The summed E-state index contributed by atoms with van der Waals surface area (Å²) in [4.78, 5) is 21.5. The molecule has 0 aliphatic carbocycles. The van der Waals surface area contributed by atoms with Crippen LogP contribution in [0.3, 0.4) is 0 Å². The molecule has 2 N–H and O–H groups in total. The third-order valence-corrected chi connectivity index (χ3v) is 5.16. The largest absolute Gasteiger partial charge is 0.388 e. The Kier molecular flexibility index (Phi) is 5.66. The first-order chi connectivity index (χ1) is 15.1. The molecular weight excluding hydrogens is 390 g/mol.